The van der Waals surface area contributed by atoms with Crippen LogP contribution in [0.2, 0.25) is 0 Å². The molecule has 0 saturated carbocycles. The Hall–Kier alpha value is -0.980. The average Bonchev–Trinajstić information content (AvgIpc) is 2.15. The third kappa shape index (κ3) is 1.76. The van der Waals surface area contributed by atoms with Crippen LogP contribution in [0.3, 0.4) is 0 Å². The van der Waals surface area contributed by atoms with Crippen LogP contribution in [0.4, 0.5) is 0 Å². The smallest absolute Gasteiger partial charge is 0.0379 e. The Morgan fingerprint density at radius 1 is 1.56 bits per heavy atom. The Balaban J connectivity index is 2.80. The summed E-state index contributed by atoms with van der Waals surface area (Å²) in [5.74, 6) is 0. The number of aromatic amines is 1. The second kappa shape index (κ2) is 2.53. The first kappa shape index (κ1) is 6.14. The average molecular weight is 121 g/mol. The van der Waals surface area contributed by atoms with Crippen molar-refractivity contribution in [2.24, 2.45) is 0 Å². The number of nitrogens with one attached hydrogen (secondary N) is 1. The number of hydrogen-bond acceptors (Lipinski definition) is 0. The van der Waals surface area contributed by atoms with Crippen LogP contribution in [0, 0.1) is 0 Å². The Bertz CT molecular complexity index is 190. The molecular formula is C8H11N. The monoisotopic (exact) mass is 121 g/mol. The van der Waals surface area contributed by atoms with Gasteiger partial charge in [0.05, 0.1) is 0 Å². The van der Waals surface area contributed by atoms with E-state index in [0.717, 1.165) is 0 Å². The fraction of sp³-hybridized carbons (Fsp3) is 0.250. The summed E-state index contributed by atoms with van der Waals surface area (Å²) in [5, 5.41) is 0. The summed E-state index contributed by atoms with van der Waals surface area (Å²) in [7, 11) is 0. The van der Waals surface area contributed by atoms with Crippen molar-refractivity contribution in [2.45, 2.75) is 13.8 Å². The van der Waals surface area contributed by atoms with E-state index in [9.17, 15) is 0 Å². The van der Waals surface area contributed by atoms with Gasteiger partial charge in [0.2, 0.25) is 0 Å². The predicted octanol–water partition coefficient (Wildman–Crippen LogP) is 2.44. The Labute approximate surface area is 55.4 Å². The molecule has 48 valence electrons. The van der Waals surface area contributed by atoms with Crippen molar-refractivity contribution in [1.82, 2.24) is 4.98 Å². The third-order valence-corrected chi connectivity index (χ3v) is 1.07. The van der Waals surface area contributed by atoms with E-state index in [-0.39, 0.29) is 0 Å². The van der Waals surface area contributed by atoms with E-state index in [0.29, 0.717) is 0 Å². The maximum atomic E-state index is 3.09. The van der Waals surface area contributed by atoms with Gasteiger partial charge >= 0.3 is 0 Å². The first-order valence-electron chi connectivity index (χ1n) is 3.07. The molecule has 1 heteroatoms. The van der Waals surface area contributed by atoms with Gasteiger partial charge in [0, 0.05) is 11.9 Å². The van der Waals surface area contributed by atoms with Gasteiger partial charge in [-0.1, -0.05) is 5.57 Å². The molecule has 0 saturated heterocycles. The van der Waals surface area contributed by atoms with Crippen LogP contribution in [0.25, 0.3) is 6.08 Å². The van der Waals surface area contributed by atoms with Gasteiger partial charge in [-0.25, -0.2) is 0 Å². The first-order chi connectivity index (χ1) is 4.29. The summed E-state index contributed by atoms with van der Waals surface area (Å²) >= 11 is 0. The summed E-state index contributed by atoms with van der Waals surface area (Å²) in [6.07, 6.45) is 4.04. The van der Waals surface area contributed by atoms with Crippen molar-refractivity contribution < 1.29 is 0 Å². The van der Waals surface area contributed by atoms with Gasteiger partial charge in [-0.2, -0.15) is 0 Å². The van der Waals surface area contributed by atoms with Crippen LogP contribution < -0.4 is 0 Å². The summed E-state index contributed by atoms with van der Waals surface area (Å²) in [5.41, 5.74) is 2.49. The summed E-state index contributed by atoms with van der Waals surface area (Å²) < 4.78 is 0. The zero-order valence-electron chi connectivity index (χ0n) is 5.81. The summed E-state index contributed by atoms with van der Waals surface area (Å²) in [6, 6.07) is 4.04. The van der Waals surface area contributed by atoms with Crippen molar-refractivity contribution in [3.63, 3.8) is 0 Å². The summed E-state index contributed by atoms with van der Waals surface area (Å²) in [6.45, 7) is 4.17. The zero-order valence-corrected chi connectivity index (χ0v) is 5.81. The van der Waals surface area contributed by atoms with E-state index in [1.54, 1.807) is 0 Å². The molecule has 0 aliphatic rings. The van der Waals surface area contributed by atoms with E-state index >= 15 is 0 Å². The normalized spacial score (nSPS) is 9.11. The molecule has 0 unspecified atom stereocenters. The minimum absolute atomic E-state index is 1.18. The van der Waals surface area contributed by atoms with Gasteiger partial charge in [0.15, 0.2) is 0 Å². The van der Waals surface area contributed by atoms with Crippen LogP contribution in [0.5, 0.6) is 0 Å². The van der Waals surface area contributed by atoms with Gasteiger partial charge in [0.25, 0.3) is 0 Å². The molecular weight excluding hydrogens is 110 g/mol. The van der Waals surface area contributed by atoms with E-state index in [1.165, 1.54) is 11.3 Å². The lowest BCUT2D eigenvalue weighted by molar-refractivity contribution is 1.34. The quantitative estimate of drug-likeness (QED) is 0.587. The summed E-state index contributed by atoms with van der Waals surface area (Å²) in [4.78, 5) is 3.09. The lowest BCUT2D eigenvalue weighted by atomic mass is 10.3. The van der Waals surface area contributed by atoms with Crippen molar-refractivity contribution in [1.29, 1.82) is 0 Å². The minimum Gasteiger partial charge on any atom is -0.362 e. The molecule has 0 bridgehead atoms. The van der Waals surface area contributed by atoms with Crippen LogP contribution in [-0.4, -0.2) is 4.98 Å². The molecule has 0 aromatic carbocycles. The molecule has 0 radical (unpaired) electrons. The number of allylic oxidation sites excluding steroid dienone is 1. The molecule has 9 heavy (non-hydrogen) atoms. The van der Waals surface area contributed by atoms with Gasteiger partial charge in [-0.3, -0.25) is 0 Å². The molecule has 0 atom stereocenters. The molecule has 0 amide bonds. The number of H-pyrrole nitrogens is 1. The van der Waals surface area contributed by atoms with Gasteiger partial charge in [-0.05, 0) is 32.1 Å². The molecule has 0 aliphatic heterocycles. The highest BCUT2D eigenvalue weighted by atomic mass is 14.7. The van der Waals surface area contributed by atoms with Crippen molar-refractivity contribution in [3.8, 4) is 0 Å². The van der Waals surface area contributed by atoms with E-state index in [2.05, 4.69) is 24.9 Å². The molecule has 1 aromatic rings. The topological polar surface area (TPSA) is 15.8 Å². The molecule has 1 aromatic heterocycles. The predicted molar refractivity (Wildman–Crippen MR) is 40.1 cm³/mol. The second-order valence-electron chi connectivity index (χ2n) is 2.35. The molecule has 1 rings (SSSR count). The van der Waals surface area contributed by atoms with Crippen molar-refractivity contribution >= 4 is 6.08 Å². The van der Waals surface area contributed by atoms with E-state index in [4.69, 9.17) is 0 Å². The van der Waals surface area contributed by atoms with Crippen LogP contribution in [-0.2, 0) is 0 Å². The highest BCUT2D eigenvalue weighted by molar-refractivity contribution is 5.47. The molecule has 1 nitrogen and oxygen atoms in total. The van der Waals surface area contributed by atoms with Gasteiger partial charge in [-0.15, -0.1) is 0 Å². The SMILES string of the molecule is CC(C)=Cc1ccc[nH]1. The number of rotatable bonds is 1. The fourth-order valence-corrected chi connectivity index (χ4v) is 0.745. The zero-order chi connectivity index (χ0) is 6.69. The molecule has 0 fully saturated rings. The van der Waals surface area contributed by atoms with E-state index < -0.39 is 0 Å². The Morgan fingerprint density at radius 2 is 2.33 bits per heavy atom. The molecule has 0 aliphatic carbocycles. The van der Waals surface area contributed by atoms with Crippen LogP contribution in [0.1, 0.15) is 19.5 Å². The Morgan fingerprint density at radius 3 is 2.78 bits per heavy atom. The van der Waals surface area contributed by atoms with Crippen LogP contribution in [0.15, 0.2) is 23.9 Å². The Kier molecular flexibility index (Phi) is 1.73. The number of aromatic nitrogens is 1. The van der Waals surface area contributed by atoms with Crippen molar-refractivity contribution in [3.05, 3.63) is 29.6 Å². The third-order valence-electron chi connectivity index (χ3n) is 1.07. The lowest BCUT2D eigenvalue weighted by Gasteiger charge is -1.85. The van der Waals surface area contributed by atoms with Gasteiger partial charge < -0.3 is 4.98 Å². The maximum Gasteiger partial charge on any atom is 0.0379 e. The standard InChI is InChI=1S/C8H11N/c1-7(2)6-8-4-3-5-9-8/h3-6,9H,1-2H3. The first-order valence-corrected chi connectivity index (χ1v) is 3.07. The molecule has 1 heterocycles. The fourth-order valence-electron chi connectivity index (χ4n) is 0.745. The van der Waals surface area contributed by atoms with Crippen molar-refractivity contribution in [2.75, 3.05) is 0 Å². The highest BCUT2D eigenvalue weighted by Gasteiger charge is 1.83. The largest absolute Gasteiger partial charge is 0.362 e. The van der Waals surface area contributed by atoms with E-state index in [1.807, 2.05) is 18.3 Å². The van der Waals surface area contributed by atoms with Gasteiger partial charge in [0.1, 0.15) is 0 Å². The molecule has 1 N–H and O–H groups in total. The van der Waals surface area contributed by atoms with Crippen LogP contribution >= 0.6 is 0 Å². The minimum atomic E-state index is 1.18. The lowest BCUT2D eigenvalue weighted by Crippen LogP contribution is -1.68. The second-order valence-corrected chi connectivity index (χ2v) is 2.35. The molecule has 0 spiro atoms. The highest BCUT2D eigenvalue weighted by Crippen LogP contribution is 2.01. The maximum absolute atomic E-state index is 3.09. The number of hydrogen-bond donors (Lipinski definition) is 1.